The molecule has 158 valence electrons. The second-order valence-corrected chi connectivity index (χ2v) is 8.62. The number of fused-ring (bicyclic) bond motifs is 1. The van der Waals surface area contributed by atoms with Crippen LogP contribution in [0.25, 0.3) is 11.3 Å². The van der Waals surface area contributed by atoms with E-state index in [1.54, 1.807) is 0 Å². The first-order valence-electron chi connectivity index (χ1n) is 11.0. The summed E-state index contributed by atoms with van der Waals surface area (Å²) in [6, 6.07) is 6.79. The molecule has 0 aliphatic carbocycles. The molecule has 0 bridgehead atoms. The lowest BCUT2D eigenvalue weighted by molar-refractivity contribution is 0.138. The molecule has 0 radical (unpaired) electrons. The van der Waals surface area contributed by atoms with Crippen molar-refractivity contribution in [3.63, 3.8) is 0 Å². The fourth-order valence-corrected chi connectivity index (χ4v) is 4.36. The maximum Gasteiger partial charge on any atom is 0.161 e. The Labute approximate surface area is 174 Å². The summed E-state index contributed by atoms with van der Waals surface area (Å²) in [5, 5.41) is 8.42. The number of aromatic nitrogens is 2. The van der Waals surface area contributed by atoms with Gasteiger partial charge < -0.3 is 19.7 Å². The van der Waals surface area contributed by atoms with E-state index >= 15 is 0 Å². The molecule has 1 atom stereocenters. The van der Waals surface area contributed by atoms with Crippen LogP contribution < -0.4 is 14.8 Å². The number of nitrogens with zero attached hydrogens (tertiary/aromatic N) is 3. The molecule has 0 spiro atoms. The number of rotatable bonds is 6. The third-order valence-electron chi connectivity index (χ3n) is 5.95. The zero-order valence-corrected chi connectivity index (χ0v) is 18.0. The van der Waals surface area contributed by atoms with Gasteiger partial charge in [-0.2, -0.15) is 5.10 Å². The maximum absolute atomic E-state index is 5.87. The SMILES string of the molecule is CC(C)N1CCCC(CNCc2cn(C)nc2-c2ccc3c(c2)OCCCO3)C1. The number of hydrogen-bond donors (Lipinski definition) is 1. The van der Waals surface area contributed by atoms with Crippen molar-refractivity contribution in [2.75, 3.05) is 32.8 Å². The van der Waals surface area contributed by atoms with Gasteiger partial charge in [0.1, 0.15) is 0 Å². The topological polar surface area (TPSA) is 51.6 Å². The van der Waals surface area contributed by atoms with Crippen molar-refractivity contribution < 1.29 is 9.47 Å². The number of nitrogens with one attached hydrogen (secondary N) is 1. The van der Waals surface area contributed by atoms with Gasteiger partial charge in [0.2, 0.25) is 0 Å². The Morgan fingerprint density at radius 3 is 2.83 bits per heavy atom. The second kappa shape index (κ2) is 9.18. The molecule has 0 amide bonds. The molecule has 1 fully saturated rings. The van der Waals surface area contributed by atoms with Crippen LogP contribution in [-0.4, -0.2) is 53.6 Å². The fourth-order valence-electron chi connectivity index (χ4n) is 4.36. The third kappa shape index (κ3) is 4.93. The van der Waals surface area contributed by atoms with Gasteiger partial charge in [-0.1, -0.05) is 0 Å². The van der Waals surface area contributed by atoms with Gasteiger partial charge in [-0.3, -0.25) is 4.68 Å². The summed E-state index contributed by atoms with van der Waals surface area (Å²) in [5.41, 5.74) is 3.32. The van der Waals surface area contributed by atoms with Crippen molar-refractivity contribution in [1.82, 2.24) is 20.0 Å². The van der Waals surface area contributed by atoms with Crippen molar-refractivity contribution in [2.45, 2.75) is 45.7 Å². The van der Waals surface area contributed by atoms with Gasteiger partial charge in [0.15, 0.2) is 11.5 Å². The molecule has 6 nitrogen and oxygen atoms in total. The van der Waals surface area contributed by atoms with E-state index in [2.05, 4.69) is 42.4 Å². The molecule has 1 aromatic heterocycles. The standard InChI is InChI=1S/C23H34N4O2/c1-17(2)27-9-4-6-18(15-27)13-24-14-20-16-26(3)25-23(20)19-7-8-21-22(12-19)29-11-5-10-28-21/h7-8,12,16-18,24H,4-6,9-11,13-15H2,1-3H3. The second-order valence-electron chi connectivity index (χ2n) is 8.62. The van der Waals surface area contributed by atoms with Crippen molar-refractivity contribution in [3.8, 4) is 22.8 Å². The molecule has 2 aliphatic rings. The molecule has 4 rings (SSSR count). The van der Waals surface area contributed by atoms with Gasteiger partial charge in [0.25, 0.3) is 0 Å². The van der Waals surface area contributed by atoms with E-state index in [1.165, 1.54) is 31.5 Å². The molecule has 1 unspecified atom stereocenters. The third-order valence-corrected chi connectivity index (χ3v) is 5.95. The zero-order valence-electron chi connectivity index (χ0n) is 18.0. The Morgan fingerprint density at radius 1 is 1.17 bits per heavy atom. The normalized spacial score (nSPS) is 20.1. The number of hydrogen-bond acceptors (Lipinski definition) is 5. The lowest BCUT2D eigenvalue weighted by Gasteiger charge is -2.35. The molecular weight excluding hydrogens is 364 g/mol. The number of likely N-dealkylation sites (tertiary alicyclic amines) is 1. The highest BCUT2D eigenvalue weighted by Crippen LogP contribution is 2.34. The maximum atomic E-state index is 5.87. The van der Waals surface area contributed by atoms with Crippen molar-refractivity contribution in [3.05, 3.63) is 30.0 Å². The Bertz CT molecular complexity index is 817. The van der Waals surface area contributed by atoms with Gasteiger partial charge in [0, 0.05) is 49.9 Å². The number of ether oxygens (including phenoxy) is 2. The van der Waals surface area contributed by atoms with Crippen LogP contribution in [0.5, 0.6) is 11.5 Å². The van der Waals surface area contributed by atoms with Gasteiger partial charge in [-0.15, -0.1) is 0 Å². The lowest BCUT2D eigenvalue weighted by atomic mass is 9.97. The average molecular weight is 399 g/mol. The highest BCUT2D eigenvalue weighted by molar-refractivity contribution is 5.66. The van der Waals surface area contributed by atoms with Crippen LogP contribution in [0, 0.1) is 5.92 Å². The zero-order chi connectivity index (χ0) is 20.2. The predicted octanol–water partition coefficient (Wildman–Crippen LogP) is 3.46. The molecule has 3 heterocycles. The Hall–Kier alpha value is -2.05. The van der Waals surface area contributed by atoms with Crippen LogP contribution in [0.4, 0.5) is 0 Å². The summed E-state index contributed by atoms with van der Waals surface area (Å²) >= 11 is 0. The summed E-state index contributed by atoms with van der Waals surface area (Å²) in [6.07, 6.45) is 5.66. The van der Waals surface area contributed by atoms with E-state index in [0.29, 0.717) is 19.3 Å². The molecule has 29 heavy (non-hydrogen) atoms. The largest absolute Gasteiger partial charge is 0.490 e. The molecule has 1 aromatic carbocycles. The van der Waals surface area contributed by atoms with E-state index in [-0.39, 0.29) is 0 Å². The van der Waals surface area contributed by atoms with Crippen LogP contribution >= 0.6 is 0 Å². The van der Waals surface area contributed by atoms with Crippen LogP contribution in [0.1, 0.15) is 38.7 Å². The Morgan fingerprint density at radius 2 is 2.00 bits per heavy atom. The minimum absolute atomic E-state index is 0.641. The molecule has 2 aromatic rings. The summed E-state index contributed by atoms with van der Waals surface area (Å²) < 4.78 is 13.5. The van der Waals surface area contributed by atoms with E-state index in [1.807, 2.05) is 17.8 Å². The number of aryl methyl sites for hydroxylation is 1. The van der Waals surface area contributed by atoms with Crippen molar-refractivity contribution in [1.29, 1.82) is 0 Å². The summed E-state index contributed by atoms with van der Waals surface area (Å²) in [5.74, 6) is 2.37. The van der Waals surface area contributed by atoms with E-state index in [0.717, 1.165) is 48.2 Å². The minimum atomic E-state index is 0.641. The molecule has 1 N–H and O–H groups in total. The smallest absolute Gasteiger partial charge is 0.161 e. The van der Waals surface area contributed by atoms with E-state index in [4.69, 9.17) is 14.6 Å². The summed E-state index contributed by atoms with van der Waals surface area (Å²) in [6.45, 7) is 10.3. The van der Waals surface area contributed by atoms with Crippen LogP contribution in [0.2, 0.25) is 0 Å². The Kier molecular flexibility index (Phi) is 6.40. The monoisotopic (exact) mass is 398 g/mol. The number of piperidine rings is 1. The highest BCUT2D eigenvalue weighted by Gasteiger charge is 2.21. The lowest BCUT2D eigenvalue weighted by Crippen LogP contribution is -2.42. The summed E-state index contributed by atoms with van der Waals surface area (Å²) in [4.78, 5) is 2.60. The first kappa shape index (κ1) is 20.2. The van der Waals surface area contributed by atoms with Gasteiger partial charge in [-0.05, 0) is 63.9 Å². The molecule has 1 saturated heterocycles. The quantitative estimate of drug-likeness (QED) is 0.808. The molecule has 0 saturated carbocycles. The first-order chi connectivity index (χ1) is 14.1. The molecular formula is C23H34N4O2. The number of benzene rings is 1. The van der Waals surface area contributed by atoms with Gasteiger partial charge >= 0.3 is 0 Å². The van der Waals surface area contributed by atoms with Crippen LogP contribution in [0.15, 0.2) is 24.4 Å². The highest BCUT2D eigenvalue weighted by atomic mass is 16.5. The Balaban J connectivity index is 1.42. The van der Waals surface area contributed by atoms with Crippen LogP contribution in [0.3, 0.4) is 0 Å². The van der Waals surface area contributed by atoms with Crippen LogP contribution in [-0.2, 0) is 13.6 Å². The van der Waals surface area contributed by atoms with E-state index < -0.39 is 0 Å². The summed E-state index contributed by atoms with van der Waals surface area (Å²) in [7, 11) is 1.98. The average Bonchev–Trinajstić information content (AvgIpc) is 2.93. The van der Waals surface area contributed by atoms with Gasteiger partial charge in [0.05, 0.1) is 18.9 Å². The fraction of sp³-hybridized carbons (Fsp3) is 0.609. The minimum Gasteiger partial charge on any atom is -0.490 e. The first-order valence-corrected chi connectivity index (χ1v) is 11.0. The van der Waals surface area contributed by atoms with E-state index in [9.17, 15) is 0 Å². The molecule has 6 heteroatoms. The predicted molar refractivity (Wildman–Crippen MR) is 115 cm³/mol. The van der Waals surface area contributed by atoms with Crippen molar-refractivity contribution in [2.24, 2.45) is 13.0 Å². The molecule has 2 aliphatic heterocycles. The van der Waals surface area contributed by atoms with Gasteiger partial charge in [-0.25, -0.2) is 0 Å². The van der Waals surface area contributed by atoms with Crippen molar-refractivity contribution >= 4 is 0 Å².